The van der Waals surface area contributed by atoms with Crippen LogP contribution in [-0.2, 0) is 9.59 Å². The van der Waals surface area contributed by atoms with E-state index in [1.54, 1.807) is 25.1 Å². The molecule has 0 bridgehead atoms. The number of hydrogen-bond acceptors (Lipinski definition) is 4. The topological polar surface area (TPSA) is 79.6 Å². The van der Waals surface area contributed by atoms with E-state index in [0.29, 0.717) is 11.4 Å². The molecule has 0 radical (unpaired) electrons. The molecule has 27 heavy (non-hydrogen) atoms. The fourth-order valence-electron chi connectivity index (χ4n) is 3.96. The van der Waals surface area contributed by atoms with Gasteiger partial charge in [0, 0.05) is 11.3 Å². The largest absolute Gasteiger partial charge is 0.459 e. The summed E-state index contributed by atoms with van der Waals surface area (Å²) in [7, 11) is 0. The Morgan fingerprint density at radius 3 is 2.37 bits per heavy atom. The number of nitrogens with zero attached hydrogens (tertiary/aromatic N) is 1. The molecule has 2 atom stereocenters. The molecule has 1 aromatic carbocycles. The van der Waals surface area contributed by atoms with Crippen molar-refractivity contribution in [2.45, 2.75) is 32.6 Å². The van der Waals surface area contributed by atoms with Crippen molar-refractivity contribution in [2.24, 2.45) is 11.8 Å². The molecular weight excluding hydrogens is 368 g/mol. The SMILES string of the molecule is Cc1ccoc1C(=O)Nc1ccc(N2C(=O)[C@H]3CCCC[C@H]3C2=O)c(Cl)c1. The molecule has 2 fully saturated rings. The number of rotatable bonds is 3. The first-order valence-corrected chi connectivity index (χ1v) is 9.38. The van der Waals surface area contributed by atoms with Gasteiger partial charge in [-0.2, -0.15) is 0 Å². The number of benzene rings is 1. The van der Waals surface area contributed by atoms with Gasteiger partial charge in [0.1, 0.15) is 0 Å². The molecule has 3 amide bonds. The lowest BCUT2D eigenvalue weighted by molar-refractivity contribution is -0.122. The average molecular weight is 387 g/mol. The van der Waals surface area contributed by atoms with Gasteiger partial charge >= 0.3 is 0 Å². The molecule has 1 aliphatic heterocycles. The first-order valence-electron chi connectivity index (χ1n) is 9.00. The van der Waals surface area contributed by atoms with Crippen LogP contribution in [0.25, 0.3) is 0 Å². The smallest absolute Gasteiger partial charge is 0.291 e. The van der Waals surface area contributed by atoms with Crippen LogP contribution in [0.2, 0.25) is 5.02 Å². The molecule has 1 saturated carbocycles. The van der Waals surface area contributed by atoms with Gasteiger partial charge in [0.15, 0.2) is 5.76 Å². The second kappa shape index (κ2) is 6.85. The number of carbonyl (C=O) groups is 3. The van der Waals surface area contributed by atoms with Crippen LogP contribution in [0.15, 0.2) is 34.9 Å². The number of furan rings is 1. The van der Waals surface area contributed by atoms with Crippen molar-refractivity contribution >= 4 is 40.7 Å². The number of halogens is 1. The normalized spacial score (nSPS) is 22.1. The molecule has 0 unspecified atom stereocenters. The third-order valence-corrected chi connectivity index (χ3v) is 5.66. The molecule has 1 aliphatic carbocycles. The maximum absolute atomic E-state index is 12.7. The monoisotopic (exact) mass is 386 g/mol. The van der Waals surface area contributed by atoms with Gasteiger partial charge in [-0.15, -0.1) is 0 Å². The summed E-state index contributed by atoms with van der Waals surface area (Å²) in [5, 5.41) is 2.95. The molecular formula is C20H19ClN2O4. The molecule has 2 heterocycles. The van der Waals surface area contributed by atoms with E-state index in [1.165, 1.54) is 17.2 Å². The highest BCUT2D eigenvalue weighted by atomic mass is 35.5. The van der Waals surface area contributed by atoms with Crippen molar-refractivity contribution in [1.29, 1.82) is 0 Å². The zero-order valence-corrected chi connectivity index (χ0v) is 15.6. The van der Waals surface area contributed by atoms with Crippen molar-refractivity contribution in [3.05, 3.63) is 46.9 Å². The summed E-state index contributed by atoms with van der Waals surface area (Å²) in [6.07, 6.45) is 4.89. The average Bonchev–Trinajstić information content (AvgIpc) is 3.18. The van der Waals surface area contributed by atoms with Gasteiger partial charge in [0.25, 0.3) is 5.91 Å². The van der Waals surface area contributed by atoms with Crippen molar-refractivity contribution in [3.63, 3.8) is 0 Å². The highest BCUT2D eigenvalue weighted by molar-refractivity contribution is 6.36. The van der Waals surface area contributed by atoms with Crippen molar-refractivity contribution in [2.75, 3.05) is 10.2 Å². The summed E-state index contributed by atoms with van der Waals surface area (Å²) in [6, 6.07) is 6.46. The Morgan fingerprint density at radius 1 is 1.15 bits per heavy atom. The minimum absolute atomic E-state index is 0.172. The van der Waals surface area contributed by atoms with E-state index in [9.17, 15) is 14.4 Å². The van der Waals surface area contributed by atoms with Gasteiger partial charge in [-0.1, -0.05) is 24.4 Å². The van der Waals surface area contributed by atoms with Gasteiger partial charge in [-0.05, 0) is 44.0 Å². The Bertz CT molecular complexity index is 912. The van der Waals surface area contributed by atoms with Crippen LogP contribution < -0.4 is 10.2 Å². The van der Waals surface area contributed by atoms with Crippen LogP contribution >= 0.6 is 11.6 Å². The van der Waals surface area contributed by atoms with Crippen LogP contribution in [0.5, 0.6) is 0 Å². The Kier molecular flexibility index (Phi) is 4.52. The number of fused-ring (bicyclic) bond motifs is 1. The Balaban J connectivity index is 1.57. The van der Waals surface area contributed by atoms with Crippen LogP contribution in [0.1, 0.15) is 41.8 Å². The number of amides is 3. The first kappa shape index (κ1) is 17.8. The lowest BCUT2D eigenvalue weighted by Crippen LogP contribution is -2.31. The fraction of sp³-hybridized carbons (Fsp3) is 0.350. The Hall–Kier alpha value is -2.60. The standard InChI is InChI=1S/C20H19ClN2O4/c1-11-8-9-27-17(11)18(24)22-12-6-7-16(15(21)10-12)23-19(25)13-4-2-3-5-14(13)20(23)26/h6-10,13-14H,2-5H2,1H3,(H,22,24)/t13-,14+. The molecule has 2 aliphatic rings. The molecule has 6 nitrogen and oxygen atoms in total. The Morgan fingerprint density at radius 2 is 1.81 bits per heavy atom. The van der Waals surface area contributed by atoms with E-state index >= 15 is 0 Å². The van der Waals surface area contributed by atoms with Crippen LogP contribution in [0.4, 0.5) is 11.4 Å². The number of anilines is 2. The summed E-state index contributed by atoms with van der Waals surface area (Å²) < 4.78 is 5.17. The molecule has 7 heteroatoms. The fourth-order valence-corrected chi connectivity index (χ4v) is 4.22. The molecule has 140 valence electrons. The van der Waals surface area contributed by atoms with Crippen LogP contribution in [-0.4, -0.2) is 17.7 Å². The summed E-state index contributed by atoms with van der Waals surface area (Å²) in [5.74, 6) is -0.971. The van der Waals surface area contributed by atoms with E-state index < -0.39 is 0 Å². The third kappa shape index (κ3) is 3.04. The van der Waals surface area contributed by atoms with Crippen LogP contribution in [0, 0.1) is 18.8 Å². The summed E-state index contributed by atoms with van der Waals surface area (Å²) in [4.78, 5) is 38.9. The van der Waals surface area contributed by atoms with E-state index in [2.05, 4.69) is 5.32 Å². The lowest BCUT2D eigenvalue weighted by atomic mass is 9.81. The summed E-state index contributed by atoms with van der Waals surface area (Å²) >= 11 is 6.36. The quantitative estimate of drug-likeness (QED) is 0.803. The molecule has 1 aromatic heterocycles. The summed E-state index contributed by atoms with van der Waals surface area (Å²) in [5.41, 5.74) is 1.56. The predicted molar refractivity (Wildman–Crippen MR) is 101 cm³/mol. The maximum Gasteiger partial charge on any atom is 0.291 e. The predicted octanol–water partition coefficient (Wildman–Crippen LogP) is 4.17. The van der Waals surface area contributed by atoms with Crippen molar-refractivity contribution < 1.29 is 18.8 Å². The molecule has 1 N–H and O–H groups in total. The minimum atomic E-state index is -0.388. The lowest BCUT2D eigenvalue weighted by Gasteiger charge is -2.19. The van der Waals surface area contributed by atoms with Crippen LogP contribution in [0.3, 0.4) is 0 Å². The zero-order chi connectivity index (χ0) is 19.1. The van der Waals surface area contributed by atoms with E-state index in [0.717, 1.165) is 31.2 Å². The van der Waals surface area contributed by atoms with Gasteiger partial charge in [0.2, 0.25) is 11.8 Å². The molecule has 4 rings (SSSR count). The number of imide groups is 1. The van der Waals surface area contributed by atoms with Crippen molar-refractivity contribution in [1.82, 2.24) is 0 Å². The zero-order valence-electron chi connectivity index (χ0n) is 14.8. The van der Waals surface area contributed by atoms with Gasteiger partial charge in [0.05, 0.1) is 28.8 Å². The van der Waals surface area contributed by atoms with E-state index in [4.69, 9.17) is 16.0 Å². The molecule has 0 spiro atoms. The second-order valence-corrected chi connectivity index (χ2v) is 7.47. The van der Waals surface area contributed by atoms with E-state index in [1.807, 2.05) is 0 Å². The number of carbonyl (C=O) groups excluding carboxylic acids is 3. The highest BCUT2D eigenvalue weighted by Crippen LogP contribution is 2.42. The van der Waals surface area contributed by atoms with Gasteiger partial charge in [-0.3, -0.25) is 14.4 Å². The van der Waals surface area contributed by atoms with E-state index in [-0.39, 0.29) is 40.3 Å². The number of nitrogens with one attached hydrogen (secondary N) is 1. The number of aryl methyl sites for hydroxylation is 1. The Labute approximate surface area is 161 Å². The van der Waals surface area contributed by atoms with Gasteiger partial charge in [-0.25, -0.2) is 4.90 Å². The minimum Gasteiger partial charge on any atom is -0.459 e. The van der Waals surface area contributed by atoms with Crippen molar-refractivity contribution in [3.8, 4) is 0 Å². The third-order valence-electron chi connectivity index (χ3n) is 5.36. The summed E-state index contributed by atoms with van der Waals surface area (Å²) in [6.45, 7) is 1.78. The number of hydrogen-bond donors (Lipinski definition) is 1. The first-order chi connectivity index (χ1) is 13.0. The van der Waals surface area contributed by atoms with Gasteiger partial charge < -0.3 is 9.73 Å². The molecule has 1 saturated heterocycles. The highest BCUT2D eigenvalue weighted by Gasteiger charge is 2.49. The second-order valence-electron chi connectivity index (χ2n) is 7.06. The maximum atomic E-state index is 12.7. The molecule has 2 aromatic rings.